The highest BCUT2D eigenvalue weighted by Gasteiger charge is 2.42. The number of imidazole rings is 2. The average molecular weight is 510 g/mol. The number of piperidine rings is 1. The van der Waals surface area contributed by atoms with Gasteiger partial charge in [0.2, 0.25) is 18.1 Å². The number of imide groups is 1. The number of carbonyl (C=O) groups is 2. The molecule has 0 bridgehead atoms. The highest BCUT2D eigenvalue weighted by atomic mass is 32.2. The van der Waals surface area contributed by atoms with Gasteiger partial charge in [0.15, 0.2) is 10.7 Å². The quantitative estimate of drug-likeness (QED) is 0.118. The summed E-state index contributed by atoms with van der Waals surface area (Å²) in [5, 5.41) is 14.3. The van der Waals surface area contributed by atoms with E-state index in [1.807, 2.05) is 19.1 Å². The van der Waals surface area contributed by atoms with Gasteiger partial charge in [-0.1, -0.05) is 19.1 Å². The number of benzene rings is 1. The number of hydrogen-bond donors (Lipinski definition) is 3. The van der Waals surface area contributed by atoms with Crippen LogP contribution < -0.4 is 11.1 Å². The minimum absolute atomic E-state index is 0.186. The Labute approximate surface area is 209 Å². The standard InChI is InChI=1S/C13H16N2O2.C9H7N7O2S/c1-2-13(8-7-11(16)15-12(13)17)9-3-5-10(14)6-4-9;1-15-4-14-7(16(17)18)9(15)19-8-5-6(11-2-10-5)12-3-13-8/h3-6H,2,7-8,14H2,1H3,(H,15,16,17);2-4H,1H3,(H,10,11,12,13). The van der Waals surface area contributed by atoms with Crippen molar-refractivity contribution in [3.05, 3.63) is 58.9 Å². The van der Waals surface area contributed by atoms with Crippen LogP contribution in [0.15, 0.2) is 53.3 Å². The summed E-state index contributed by atoms with van der Waals surface area (Å²) < 4.78 is 1.58. The van der Waals surface area contributed by atoms with E-state index in [9.17, 15) is 19.7 Å². The number of fused-ring (bicyclic) bond motifs is 1. The number of nitro groups is 1. The number of amides is 2. The fourth-order valence-corrected chi connectivity index (χ4v) is 4.87. The topological polar surface area (TPSA) is 188 Å². The molecule has 4 heterocycles. The number of nitrogens with two attached hydrogens (primary N) is 1. The Kier molecular flexibility index (Phi) is 6.96. The number of H-pyrrole nitrogens is 1. The van der Waals surface area contributed by atoms with Crippen LogP contribution in [-0.4, -0.2) is 46.2 Å². The Morgan fingerprint density at radius 1 is 1.19 bits per heavy atom. The van der Waals surface area contributed by atoms with Crippen LogP contribution in [0.5, 0.6) is 0 Å². The summed E-state index contributed by atoms with van der Waals surface area (Å²) in [5.41, 5.74) is 7.82. The van der Waals surface area contributed by atoms with Crippen LogP contribution in [0, 0.1) is 10.1 Å². The van der Waals surface area contributed by atoms with Crippen LogP contribution in [0.3, 0.4) is 0 Å². The largest absolute Gasteiger partial charge is 0.399 e. The van der Waals surface area contributed by atoms with Crippen LogP contribution >= 0.6 is 11.8 Å². The molecule has 1 atom stereocenters. The summed E-state index contributed by atoms with van der Waals surface area (Å²) >= 11 is 1.15. The second kappa shape index (κ2) is 10.1. The lowest BCUT2D eigenvalue weighted by molar-refractivity contribution is -0.392. The molecule has 186 valence electrons. The number of aromatic nitrogens is 6. The first-order chi connectivity index (χ1) is 17.2. The van der Waals surface area contributed by atoms with Crippen molar-refractivity contribution < 1.29 is 14.5 Å². The molecule has 1 unspecified atom stereocenters. The lowest BCUT2D eigenvalue weighted by Crippen LogP contribution is -2.51. The minimum atomic E-state index is -0.582. The molecule has 0 spiro atoms. The smallest absolute Gasteiger partial charge is 0.396 e. The number of anilines is 1. The van der Waals surface area contributed by atoms with E-state index in [4.69, 9.17) is 5.73 Å². The molecule has 4 N–H and O–H groups in total. The first kappa shape index (κ1) is 24.8. The SMILES string of the molecule is CCC1(c2ccc(N)cc2)CCC(=O)NC1=O.Cn1cnc([N+](=O)[O-])c1Sc1ncnc2nc[nH]c12. The number of aryl methyl sites for hydroxylation is 1. The Bertz CT molecular complexity index is 1430. The van der Waals surface area contributed by atoms with Crippen molar-refractivity contribution in [2.75, 3.05) is 5.73 Å². The van der Waals surface area contributed by atoms with Crippen LogP contribution in [0.2, 0.25) is 0 Å². The van der Waals surface area contributed by atoms with Crippen molar-refractivity contribution in [1.29, 1.82) is 0 Å². The van der Waals surface area contributed by atoms with E-state index < -0.39 is 10.3 Å². The first-order valence-corrected chi connectivity index (χ1v) is 11.7. The molecule has 0 aliphatic carbocycles. The lowest BCUT2D eigenvalue weighted by Gasteiger charge is -2.34. The molecule has 14 heteroatoms. The zero-order chi connectivity index (χ0) is 25.9. The normalized spacial score (nSPS) is 17.4. The molecular weight excluding hydrogens is 486 g/mol. The molecule has 2 amide bonds. The van der Waals surface area contributed by atoms with Gasteiger partial charge in [0, 0.05) is 19.2 Å². The Balaban J connectivity index is 0.000000170. The number of nitrogen functional groups attached to an aromatic ring is 1. The van der Waals surface area contributed by atoms with E-state index in [0.29, 0.717) is 46.2 Å². The van der Waals surface area contributed by atoms with Gasteiger partial charge in [-0.3, -0.25) is 14.9 Å². The zero-order valence-corrected chi connectivity index (χ0v) is 20.3. The molecule has 0 radical (unpaired) electrons. The lowest BCUT2D eigenvalue weighted by atomic mass is 9.72. The number of carbonyl (C=O) groups excluding carboxylic acids is 2. The average Bonchev–Trinajstić information content (AvgIpc) is 3.48. The molecule has 1 aliphatic rings. The molecule has 3 aromatic heterocycles. The monoisotopic (exact) mass is 509 g/mol. The van der Waals surface area contributed by atoms with Gasteiger partial charge in [0.1, 0.15) is 16.9 Å². The van der Waals surface area contributed by atoms with E-state index >= 15 is 0 Å². The van der Waals surface area contributed by atoms with Crippen molar-refractivity contribution in [2.45, 2.75) is 41.7 Å². The molecular formula is C22H23N9O4S. The number of hydrogen-bond acceptors (Lipinski definition) is 10. The second-order valence-electron chi connectivity index (χ2n) is 8.06. The molecule has 4 aromatic rings. The zero-order valence-electron chi connectivity index (χ0n) is 19.5. The molecule has 5 rings (SSSR count). The van der Waals surface area contributed by atoms with Gasteiger partial charge < -0.3 is 25.4 Å². The Morgan fingerprint density at radius 3 is 2.61 bits per heavy atom. The van der Waals surface area contributed by atoms with Gasteiger partial charge in [-0.2, -0.15) is 0 Å². The number of aromatic amines is 1. The van der Waals surface area contributed by atoms with Crippen molar-refractivity contribution >= 4 is 46.2 Å². The Morgan fingerprint density at radius 2 is 1.94 bits per heavy atom. The first-order valence-electron chi connectivity index (χ1n) is 10.9. The third-order valence-corrected chi connectivity index (χ3v) is 7.12. The van der Waals surface area contributed by atoms with Gasteiger partial charge in [0.05, 0.1) is 11.7 Å². The van der Waals surface area contributed by atoms with E-state index in [1.54, 1.807) is 23.7 Å². The summed E-state index contributed by atoms with van der Waals surface area (Å²) in [6.45, 7) is 1.96. The predicted molar refractivity (Wildman–Crippen MR) is 131 cm³/mol. The summed E-state index contributed by atoms with van der Waals surface area (Å²) in [4.78, 5) is 52.5. The van der Waals surface area contributed by atoms with Gasteiger partial charge in [-0.05, 0) is 52.2 Å². The molecule has 13 nitrogen and oxygen atoms in total. The van der Waals surface area contributed by atoms with Gasteiger partial charge >= 0.3 is 5.82 Å². The third-order valence-electron chi connectivity index (χ3n) is 5.95. The third kappa shape index (κ3) is 4.75. The molecule has 1 saturated heterocycles. The van der Waals surface area contributed by atoms with Crippen molar-refractivity contribution in [3.8, 4) is 0 Å². The molecule has 1 fully saturated rings. The molecule has 1 aliphatic heterocycles. The maximum atomic E-state index is 12.1. The van der Waals surface area contributed by atoms with Crippen molar-refractivity contribution in [3.63, 3.8) is 0 Å². The highest BCUT2D eigenvalue weighted by molar-refractivity contribution is 7.99. The van der Waals surface area contributed by atoms with Crippen LogP contribution in [0.25, 0.3) is 11.2 Å². The van der Waals surface area contributed by atoms with E-state index in [2.05, 4.69) is 30.2 Å². The number of nitrogens with one attached hydrogen (secondary N) is 2. The maximum absolute atomic E-state index is 12.1. The van der Waals surface area contributed by atoms with Crippen LogP contribution in [-0.2, 0) is 22.1 Å². The summed E-state index contributed by atoms with van der Waals surface area (Å²) in [6.07, 6.45) is 5.90. The van der Waals surface area contributed by atoms with Crippen molar-refractivity contribution in [1.82, 2.24) is 34.8 Å². The Hall–Kier alpha value is -4.33. The molecule has 0 saturated carbocycles. The summed E-state index contributed by atoms with van der Waals surface area (Å²) in [7, 11) is 1.69. The second-order valence-corrected chi connectivity index (χ2v) is 9.04. The molecule has 36 heavy (non-hydrogen) atoms. The number of rotatable bonds is 5. The maximum Gasteiger partial charge on any atom is 0.396 e. The van der Waals surface area contributed by atoms with Gasteiger partial charge in [-0.25, -0.2) is 15.0 Å². The fraction of sp³-hybridized carbons (Fsp3) is 0.273. The van der Waals surface area contributed by atoms with E-state index in [1.165, 1.54) is 19.0 Å². The van der Waals surface area contributed by atoms with E-state index in [0.717, 1.165) is 17.3 Å². The van der Waals surface area contributed by atoms with Crippen molar-refractivity contribution in [2.24, 2.45) is 7.05 Å². The minimum Gasteiger partial charge on any atom is -0.399 e. The summed E-state index contributed by atoms with van der Waals surface area (Å²) in [5.74, 6) is -0.575. The van der Waals surface area contributed by atoms with Gasteiger partial charge in [-0.15, -0.1) is 0 Å². The number of nitrogens with zero attached hydrogens (tertiary/aromatic N) is 6. The fourth-order valence-electron chi connectivity index (χ4n) is 3.93. The van der Waals surface area contributed by atoms with Crippen LogP contribution in [0.4, 0.5) is 11.5 Å². The van der Waals surface area contributed by atoms with E-state index in [-0.39, 0.29) is 17.6 Å². The highest BCUT2D eigenvalue weighted by Crippen LogP contribution is 2.36. The predicted octanol–water partition coefficient (Wildman–Crippen LogP) is 2.50. The molecule has 1 aromatic carbocycles. The van der Waals surface area contributed by atoms with Gasteiger partial charge in [0.25, 0.3) is 0 Å². The summed E-state index contributed by atoms with van der Waals surface area (Å²) in [6, 6.07) is 7.31. The van der Waals surface area contributed by atoms with Crippen LogP contribution in [0.1, 0.15) is 31.7 Å².